The van der Waals surface area contributed by atoms with Crippen LogP contribution in [0.4, 0.5) is 0 Å². The number of hydrogen-bond acceptors (Lipinski definition) is 5. The van der Waals surface area contributed by atoms with E-state index in [2.05, 4.69) is 10.5 Å². The van der Waals surface area contributed by atoms with Crippen LogP contribution in [0, 0.1) is 0 Å². The van der Waals surface area contributed by atoms with E-state index < -0.39 is 0 Å². The van der Waals surface area contributed by atoms with E-state index in [9.17, 15) is 4.79 Å². The van der Waals surface area contributed by atoms with Gasteiger partial charge in [-0.15, -0.1) is 11.3 Å². The van der Waals surface area contributed by atoms with Crippen molar-refractivity contribution in [1.29, 1.82) is 0 Å². The number of nitrogens with one attached hydrogen (secondary N) is 1. The third kappa shape index (κ3) is 4.00. The number of hydroxylamine groups is 1. The van der Waals surface area contributed by atoms with Gasteiger partial charge in [-0.3, -0.25) is 4.79 Å². The molecule has 112 valence electrons. The fourth-order valence-corrected chi connectivity index (χ4v) is 3.20. The Hall–Kier alpha value is -1.50. The first-order valence-electron chi connectivity index (χ1n) is 7.22. The molecule has 2 aromatic rings. The molecular formula is C15H18N2O3S. The zero-order valence-corrected chi connectivity index (χ0v) is 12.5. The number of carbonyl (C=O) groups excluding carboxylic acids is 1. The minimum atomic E-state index is -0.301. The van der Waals surface area contributed by atoms with Crippen LogP contribution in [0.2, 0.25) is 0 Å². The molecule has 1 saturated heterocycles. The fourth-order valence-electron chi connectivity index (χ4n) is 2.23. The zero-order valence-electron chi connectivity index (χ0n) is 11.7. The van der Waals surface area contributed by atoms with Crippen molar-refractivity contribution in [2.75, 3.05) is 6.61 Å². The van der Waals surface area contributed by atoms with Gasteiger partial charge in [0.05, 0.1) is 15.2 Å². The molecule has 21 heavy (non-hydrogen) atoms. The van der Waals surface area contributed by atoms with Gasteiger partial charge in [-0.1, -0.05) is 12.1 Å². The van der Waals surface area contributed by atoms with Gasteiger partial charge in [-0.25, -0.2) is 15.3 Å². The molecule has 0 aliphatic carbocycles. The molecule has 3 rings (SSSR count). The van der Waals surface area contributed by atoms with Gasteiger partial charge in [0.15, 0.2) is 6.29 Å². The topological polar surface area (TPSA) is 60.5 Å². The Morgan fingerprint density at radius 2 is 2.33 bits per heavy atom. The molecule has 0 spiro atoms. The molecular weight excluding hydrogens is 288 g/mol. The number of hydrogen-bond donors (Lipinski definition) is 1. The summed E-state index contributed by atoms with van der Waals surface area (Å²) in [4.78, 5) is 21.5. The minimum Gasteiger partial charge on any atom is -0.350 e. The number of nitrogens with zero attached hydrogens (tertiary/aromatic N) is 1. The largest absolute Gasteiger partial charge is 0.350 e. The highest BCUT2D eigenvalue weighted by Gasteiger charge is 2.15. The smallest absolute Gasteiger partial charge is 0.244 e. The van der Waals surface area contributed by atoms with Crippen LogP contribution in [-0.4, -0.2) is 23.8 Å². The average Bonchev–Trinajstić information content (AvgIpc) is 2.95. The summed E-state index contributed by atoms with van der Waals surface area (Å²) in [5.41, 5.74) is 3.46. The van der Waals surface area contributed by atoms with Crippen LogP contribution >= 0.6 is 11.3 Å². The second-order valence-electron chi connectivity index (χ2n) is 5.01. The van der Waals surface area contributed by atoms with Crippen molar-refractivity contribution < 1.29 is 14.4 Å². The number of amides is 1. The molecule has 1 aromatic carbocycles. The van der Waals surface area contributed by atoms with Gasteiger partial charge < -0.3 is 4.74 Å². The molecule has 1 aromatic heterocycles. The number of carbonyl (C=O) groups is 1. The van der Waals surface area contributed by atoms with E-state index >= 15 is 0 Å². The van der Waals surface area contributed by atoms with Gasteiger partial charge in [-0.05, 0) is 25.0 Å². The number of thiazole rings is 1. The normalized spacial score (nSPS) is 18.8. The lowest BCUT2D eigenvalue weighted by molar-refractivity contribution is -0.200. The van der Waals surface area contributed by atoms with Gasteiger partial charge in [0.2, 0.25) is 5.91 Å². The van der Waals surface area contributed by atoms with Crippen LogP contribution in [0.5, 0.6) is 0 Å². The summed E-state index contributed by atoms with van der Waals surface area (Å²) in [6, 6.07) is 7.99. The van der Waals surface area contributed by atoms with Crippen molar-refractivity contribution in [3.63, 3.8) is 0 Å². The van der Waals surface area contributed by atoms with Gasteiger partial charge in [0.25, 0.3) is 0 Å². The predicted octanol–water partition coefficient (Wildman–Crippen LogP) is 2.80. The summed E-state index contributed by atoms with van der Waals surface area (Å²) in [5.74, 6) is -0.136. The number of ether oxygens (including phenoxy) is 1. The number of fused-ring (bicyclic) bond motifs is 1. The Kier molecular flexibility index (Phi) is 4.80. The standard InChI is InChI=1S/C15H18N2O3S/c18-13(17-20-15-7-3-4-10-19-15)8-9-14-16-11-5-1-2-6-12(11)21-14/h1-2,5-6,15H,3-4,7-10H2,(H,17,18)/t15-/m1/s1. The van der Waals surface area contributed by atoms with Crippen LogP contribution in [0.15, 0.2) is 24.3 Å². The third-order valence-corrected chi connectivity index (χ3v) is 4.44. The third-order valence-electron chi connectivity index (χ3n) is 3.35. The molecule has 0 unspecified atom stereocenters. The molecule has 1 aliphatic rings. The summed E-state index contributed by atoms with van der Waals surface area (Å²) in [5, 5.41) is 0.972. The maximum atomic E-state index is 11.8. The first-order chi connectivity index (χ1) is 10.3. The highest BCUT2D eigenvalue weighted by atomic mass is 32.1. The van der Waals surface area contributed by atoms with E-state index in [0.717, 1.165) is 34.5 Å². The molecule has 0 saturated carbocycles. The molecule has 0 bridgehead atoms. The predicted molar refractivity (Wildman–Crippen MR) is 80.8 cm³/mol. The Balaban J connectivity index is 1.44. The van der Waals surface area contributed by atoms with Crippen LogP contribution in [-0.2, 0) is 20.8 Å². The summed E-state index contributed by atoms with van der Waals surface area (Å²) in [7, 11) is 0. The van der Waals surface area contributed by atoms with Gasteiger partial charge in [0, 0.05) is 25.9 Å². The molecule has 1 N–H and O–H groups in total. The van der Waals surface area contributed by atoms with Crippen LogP contribution in [0.1, 0.15) is 30.7 Å². The van der Waals surface area contributed by atoms with E-state index in [1.54, 1.807) is 11.3 Å². The Labute approximate surface area is 127 Å². The van der Waals surface area contributed by atoms with Crippen molar-refractivity contribution >= 4 is 27.5 Å². The number of rotatable bonds is 5. The van der Waals surface area contributed by atoms with Crippen molar-refractivity contribution in [2.45, 2.75) is 38.4 Å². The Bertz CT molecular complexity index is 575. The van der Waals surface area contributed by atoms with Gasteiger partial charge >= 0.3 is 0 Å². The maximum Gasteiger partial charge on any atom is 0.244 e. The lowest BCUT2D eigenvalue weighted by Crippen LogP contribution is -2.33. The van der Waals surface area contributed by atoms with E-state index in [4.69, 9.17) is 9.57 Å². The number of aromatic nitrogens is 1. The highest BCUT2D eigenvalue weighted by Crippen LogP contribution is 2.22. The van der Waals surface area contributed by atoms with Crippen LogP contribution in [0.25, 0.3) is 10.2 Å². The van der Waals surface area contributed by atoms with E-state index in [1.807, 2.05) is 24.3 Å². The molecule has 2 heterocycles. The van der Waals surface area contributed by atoms with E-state index in [1.165, 1.54) is 0 Å². The van der Waals surface area contributed by atoms with Crippen molar-refractivity contribution in [3.05, 3.63) is 29.3 Å². The van der Waals surface area contributed by atoms with Crippen LogP contribution in [0.3, 0.4) is 0 Å². The SMILES string of the molecule is O=C(CCc1nc2ccccc2s1)NO[C@@H]1CCCCO1. The Morgan fingerprint density at radius 3 is 3.14 bits per heavy atom. The average molecular weight is 306 g/mol. The highest BCUT2D eigenvalue weighted by molar-refractivity contribution is 7.18. The minimum absolute atomic E-state index is 0.136. The summed E-state index contributed by atoms with van der Waals surface area (Å²) < 4.78 is 6.54. The molecule has 6 heteroatoms. The maximum absolute atomic E-state index is 11.8. The monoisotopic (exact) mass is 306 g/mol. The summed E-state index contributed by atoms with van der Waals surface area (Å²) in [6.45, 7) is 0.701. The van der Waals surface area contributed by atoms with Gasteiger partial charge in [-0.2, -0.15) is 0 Å². The second kappa shape index (κ2) is 6.98. The molecule has 0 radical (unpaired) electrons. The van der Waals surface area contributed by atoms with Crippen molar-refractivity contribution in [1.82, 2.24) is 10.5 Å². The molecule has 5 nitrogen and oxygen atoms in total. The summed E-state index contributed by atoms with van der Waals surface area (Å²) in [6.07, 6.45) is 3.66. The van der Waals surface area contributed by atoms with Crippen molar-refractivity contribution in [2.24, 2.45) is 0 Å². The molecule has 1 aliphatic heterocycles. The number of aryl methyl sites for hydroxylation is 1. The fraction of sp³-hybridized carbons (Fsp3) is 0.467. The first kappa shape index (κ1) is 14.4. The first-order valence-corrected chi connectivity index (χ1v) is 8.03. The molecule has 1 amide bonds. The quantitative estimate of drug-likeness (QED) is 0.863. The molecule has 1 atom stereocenters. The second-order valence-corrected chi connectivity index (χ2v) is 6.13. The lowest BCUT2D eigenvalue weighted by atomic mass is 10.2. The lowest BCUT2D eigenvalue weighted by Gasteiger charge is -2.22. The number of benzene rings is 1. The van der Waals surface area contributed by atoms with Crippen LogP contribution < -0.4 is 5.48 Å². The van der Waals surface area contributed by atoms with E-state index in [-0.39, 0.29) is 12.2 Å². The van der Waals surface area contributed by atoms with E-state index in [0.29, 0.717) is 19.4 Å². The Morgan fingerprint density at radius 1 is 1.43 bits per heavy atom. The zero-order chi connectivity index (χ0) is 14.5. The van der Waals surface area contributed by atoms with Crippen molar-refractivity contribution in [3.8, 4) is 0 Å². The molecule has 1 fully saturated rings. The number of para-hydroxylation sites is 1. The summed E-state index contributed by atoms with van der Waals surface area (Å²) >= 11 is 1.63. The van der Waals surface area contributed by atoms with Gasteiger partial charge in [0.1, 0.15) is 0 Å².